The molecule has 0 aromatic carbocycles. The first-order chi connectivity index (χ1) is 9.12. The highest BCUT2D eigenvalue weighted by molar-refractivity contribution is 7.99. The Labute approximate surface area is 121 Å². The maximum absolute atomic E-state index is 11.1. The Morgan fingerprint density at radius 2 is 2.16 bits per heavy atom. The molecule has 0 saturated carbocycles. The summed E-state index contributed by atoms with van der Waals surface area (Å²) in [7, 11) is 2.17. The van der Waals surface area contributed by atoms with Crippen LogP contribution < -0.4 is 0 Å². The van der Waals surface area contributed by atoms with Gasteiger partial charge in [0.15, 0.2) is 0 Å². The molecule has 0 amide bonds. The number of aliphatic hydroxyl groups is 1. The van der Waals surface area contributed by atoms with Crippen LogP contribution in [0.2, 0.25) is 0 Å². The van der Waals surface area contributed by atoms with Crippen LogP contribution in [-0.2, 0) is 4.74 Å². The van der Waals surface area contributed by atoms with E-state index < -0.39 is 5.60 Å². The largest absolute Gasteiger partial charge is 0.390 e. The Morgan fingerprint density at radius 3 is 2.95 bits per heavy atom. The van der Waals surface area contributed by atoms with Gasteiger partial charge in [0.25, 0.3) is 0 Å². The lowest BCUT2D eigenvalue weighted by Gasteiger charge is -2.45. The van der Waals surface area contributed by atoms with Crippen LogP contribution in [0.25, 0.3) is 0 Å². The van der Waals surface area contributed by atoms with Crippen LogP contribution in [0.3, 0.4) is 0 Å². The van der Waals surface area contributed by atoms with Gasteiger partial charge in [-0.2, -0.15) is 11.8 Å². The molecule has 0 radical (unpaired) electrons. The quantitative estimate of drug-likeness (QED) is 0.800. The average molecular weight is 285 g/mol. The summed E-state index contributed by atoms with van der Waals surface area (Å²) in [4.78, 5) is 2.36. The van der Waals surface area contributed by atoms with Gasteiger partial charge in [0.1, 0.15) is 0 Å². The first-order valence-corrected chi connectivity index (χ1v) is 8.90. The molecule has 0 aliphatic carbocycles. The lowest BCUT2D eigenvalue weighted by molar-refractivity contribution is -0.135. The molecule has 3 aliphatic rings. The number of hydrogen-bond donors (Lipinski definition) is 1. The van der Waals surface area contributed by atoms with E-state index in [0.29, 0.717) is 5.92 Å². The molecule has 1 N–H and O–H groups in total. The normalized spacial score (nSPS) is 45.5. The van der Waals surface area contributed by atoms with Crippen molar-refractivity contribution in [3.05, 3.63) is 0 Å². The third-order valence-electron chi connectivity index (χ3n) is 5.40. The Balaban J connectivity index is 1.69. The van der Waals surface area contributed by atoms with Crippen LogP contribution in [-0.4, -0.2) is 59.5 Å². The van der Waals surface area contributed by atoms with Crippen molar-refractivity contribution >= 4 is 11.8 Å². The van der Waals surface area contributed by atoms with E-state index in [1.807, 2.05) is 11.8 Å². The molecule has 19 heavy (non-hydrogen) atoms. The first-order valence-electron chi connectivity index (χ1n) is 7.75. The molecule has 0 bridgehead atoms. The highest BCUT2D eigenvalue weighted by Gasteiger charge is 2.47. The van der Waals surface area contributed by atoms with E-state index in [2.05, 4.69) is 11.9 Å². The van der Waals surface area contributed by atoms with Gasteiger partial charge >= 0.3 is 0 Å². The molecule has 3 heterocycles. The third kappa shape index (κ3) is 2.97. The average Bonchev–Trinajstić information content (AvgIpc) is 2.76. The smallest absolute Gasteiger partial charge is 0.0784 e. The fourth-order valence-corrected chi connectivity index (χ4v) is 5.41. The van der Waals surface area contributed by atoms with Gasteiger partial charge in [0, 0.05) is 18.9 Å². The minimum absolute atomic E-state index is 0.0987. The van der Waals surface area contributed by atoms with Gasteiger partial charge in [0.05, 0.1) is 11.2 Å². The van der Waals surface area contributed by atoms with Gasteiger partial charge in [-0.1, -0.05) is 0 Å². The lowest BCUT2D eigenvalue weighted by atomic mass is 9.72. The second kappa shape index (κ2) is 5.55. The molecule has 0 aromatic rings. The molecule has 110 valence electrons. The van der Waals surface area contributed by atoms with E-state index in [-0.39, 0.29) is 5.60 Å². The maximum atomic E-state index is 11.1. The van der Waals surface area contributed by atoms with Crippen molar-refractivity contribution in [1.82, 2.24) is 4.90 Å². The van der Waals surface area contributed by atoms with Crippen molar-refractivity contribution in [3.63, 3.8) is 0 Å². The monoisotopic (exact) mass is 285 g/mol. The number of thioether (sulfide) groups is 1. The third-order valence-corrected chi connectivity index (χ3v) is 6.62. The van der Waals surface area contributed by atoms with Crippen LogP contribution in [0.15, 0.2) is 0 Å². The first kappa shape index (κ1) is 14.2. The Bertz CT molecular complexity index is 319. The highest BCUT2D eigenvalue weighted by Crippen LogP contribution is 2.45. The second-order valence-electron chi connectivity index (χ2n) is 6.78. The molecular weight excluding hydrogens is 258 g/mol. The molecular formula is C15H27NO2S. The van der Waals surface area contributed by atoms with Crippen molar-refractivity contribution in [2.24, 2.45) is 5.92 Å². The van der Waals surface area contributed by atoms with Gasteiger partial charge in [-0.3, -0.25) is 0 Å². The summed E-state index contributed by atoms with van der Waals surface area (Å²) in [5, 5.41) is 11.1. The van der Waals surface area contributed by atoms with E-state index in [9.17, 15) is 5.11 Å². The van der Waals surface area contributed by atoms with E-state index in [0.717, 1.165) is 57.6 Å². The maximum Gasteiger partial charge on any atom is 0.0784 e. The number of hydrogen-bond acceptors (Lipinski definition) is 4. The van der Waals surface area contributed by atoms with Gasteiger partial charge in [-0.25, -0.2) is 0 Å². The highest BCUT2D eigenvalue weighted by atomic mass is 32.2. The second-order valence-corrected chi connectivity index (χ2v) is 7.89. The molecule has 3 unspecified atom stereocenters. The van der Waals surface area contributed by atoms with Crippen molar-refractivity contribution < 1.29 is 9.84 Å². The van der Waals surface area contributed by atoms with E-state index in [1.165, 1.54) is 12.2 Å². The molecule has 3 atom stereocenters. The summed E-state index contributed by atoms with van der Waals surface area (Å²) >= 11 is 2.02. The van der Waals surface area contributed by atoms with Crippen LogP contribution in [0.1, 0.15) is 38.5 Å². The standard InChI is InChI=1S/C15H27NO2S/c1-16-7-2-4-15(17,5-8-16)13-3-9-18-14(11-13)6-10-19-12-14/h13,17H,2-12H2,1H3. The Morgan fingerprint density at radius 1 is 1.26 bits per heavy atom. The minimum Gasteiger partial charge on any atom is -0.390 e. The van der Waals surface area contributed by atoms with Crippen molar-refractivity contribution in [2.45, 2.75) is 49.7 Å². The summed E-state index contributed by atoms with van der Waals surface area (Å²) in [6, 6.07) is 0. The Kier molecular flexibility index (Phi) is 4.14. The van der Waals surface area contributed by atoms with Crippen LogP contribution in [0, 0.1) is 5.92 Å². The fourth-order valence-electron chi connectivity index (χ4n) is 4.03. The molecule has 3 aliphatic heterocycles. The van der Waals surface area contributed by atoms with Crippen molar-refractivity contribution in [1.29, 1.82) is 0 Å². The molecule has 3 rings (SSSR count). The SMILES string of the molecule is CN1CCCC(O)(C2CCOC3(CCSC3)C2)CC1. The lowest BCUT2D eigenvalue weighted by Crippen LogP contribution is -2.49. The van der Waals surface area contributed by atoms with Crippen molar-refractivity contribution in [3.8, 4) is 0 Å². The molecule has 4 heteroatoms. The zero-order valence-corrected chi connectivity index (χ0v) is 12.9. The number of likely N-dealkylation sites (tertiary alicyclic amines) is 1. The van der Waals surface area contributed by atoms with Gasteiger partial charge in [-0.05, 0) is 63.8 Å². The van der Waals surface area contributed by atoms with Gasteiger partial charge in [0.2, 0.25) is 0 Å². The molecule has 3 nitrogen and oxygen atoms in total. The van der Waals surface area contributed by atoms with Crippen LogP contribution in [0.4, 0.5) is 0 Å². The number of ether oxygens (including phenoxy) is 1. The molecule has 0 aromatic heterocycles. The van der Waals surface area contributed by atoms with Gasteiger partial charge in [-0.15, -0.1) is 0 Å². The molecule has 1 spiro atoms. The predicted molar refractivity (Wildman–Crippen MR) is 79.6 cm³/mol. The topological polar surface area (TPSA) is 32.7 Å². The summed E-state index contributed by atoms with van der Waals surface area (Å²) in [6.45, 7) is 3.02. The number of rotatable bonds is 1. The number of nitrogens with zero attached hydrogens (tertiary/aromatic N) is 1. The van der Waals surface area contributed by atoms with E-state index in [1.54, 1.807) is 0 Å². The molecule has 3 saturated heterocycles. The van der Waals surface area contributed by atoms with Crippen LogP contribution in [0.5, 0.6) is 0 Å². The van der Waals surface area contributed by atoms with E-state index in [4.69, 9.17) is 4.74 Å². The summed E-state index contributed by atoms with van der Waals surface area (Å²) in [5.74, 6) is 2.82. The summed E-state index contributed by atoms with van der Waals surface area (Å²) in [6.07, 6.45) is 6.37. The van der Waals surface area contributed by atoms with E-state index >= 15 is 0 Å². The van der Waals surface area contributed by atoms with Crippen molar-refractivity contribution in [2.75, 3.05) is 38.2 Å². The fraction of sp³-hybridized carbons (Fsp3) is 1.00. The van der Waals surface area contributed by atoms with Crippen LogP contribution >= 0.6 is 11.8 Å². The van der Waals surface area contributed by atoms with Gasteiger partial charge < -0.3 is 14.7 Å². The molecule has 3 fully saturated rings. The minimum atomic E-state index is -0.436. The Hall–Kier alpha value is 0.230. The zero-order valence-electron chi connectivity index (χ0n) is 12.1. The predicted octanol–water partition coefficient (Wildman–Crippen LogP) is 2.14. The zero-order chi connectivity index (χ0) is 13.3. The summed E-state index contributed by atoms with van der Waals surface area (Å²) < 4.78 is 6.10. The summed E-state index contributed by atoms with van der Waals surface area (Å²) in [5.41, 5.74) is -0.337.